The minimum absolute atomic E-state index is 0.0321. The zero-order chi connectivity index (χ0) is 17.7. The lowest BCUT2D eigenvalue weighted by Gasteiger charge is -2.15. The summed E-state index contributed by atoms with van der Waals surface area (Å²) in [5.74, 6) is 0.195. The van der Waals surface area contributed by atoms with Crippen LogP contribution in [0.4, 0.5) is 5.69 Å². The van der Waals surface area contributed by atoms with Crippen molar-refractivity contribution in [1.82, 2.24) is 5.32 Å². The van der Waals surface area contributed by atoms with E-state index in [1.54, 1.807) is 12.1 Å². The van der Waals surface area contributed by atoms with Crippen molar-refractivity contribution in [3.63, 3.8) is 0 Å². The molecule has 0 aromatic heterocycles. The molecule has 0 fully saturated rings. The summed E-state index contributed by atoms with van der Waals surface area (Å²) in [4.78, 5) is 12.5. The number of halogens is 1. The lowest BCUT2D eigenvalue weighted by Crippen LogP contribution is -2.34. The van der Waals surface area contributed by atoms with Crippen LogP contribution in [0.25, 0.3) is 0 Å². The third kappa shape index (κ3) is 5.32. The first-order chi connectivity index (χ1) is 11.3. The molecule has 0 heterocycles. The molecule has 0 aliphatic carbocycles. The van der Waals surface area contributed by atoms with E-state index in [0.29, 0.717) is 11.3 Å². The van der Waals surface area contributed by atoms with E-state index in [1.165, 1.54) is 0 Å². The Morgan fingerprint density at radius 2 is 1.83 bits per heavy atom. The number of aryl methyl sites for hydroxylation is 1. The highest BCUT2D eigenvalue weighted by molar-refractivity contribution is 9.10. The second-order valence-electron chi connectivity index (χ2n) is 5.58. The summed E-state index contributed by atoms with van der Waals surface area (Å²) in [6.45, 7) is 5.83. The van der Waals surface area contributed by atoms with Gasteiger partial charge >= 0.3 is 0 Å². The molecule has 2 rings (SSSR count). The van der Waals surface area contributed by atoms with E-state index >= 15 is 0 Å². The Hall–Kier alpha value is -1.92. The second kappa shape index (κ2) is 8.26. The van der Waals surface area contributed by atoms with Gasteiger partial charge in [-0.05, 0) is 63.3 Å². The Labute approximate surface area is 155 Å². The fourth-order valence-electron chi connectivity index (χ4n) is 2.01. The van der Waals surface area contributed by atoms with Gasteiger partial charge in [-0.3, -0.25) is 10.1 Å². The van der Waals surface area contributed by atoms with Gasteiger partial charge in [-0.25, -0.2) is 0 Å². The fraction of sp³-hybridized carbons (Fsp3) is 0.222. The molecule has 0 spiro atoms. The van der Waals surface area contributed by atoms with Crippen molar-refractivity contribution in [1.29, 1.82) is 0 Å². The third-order valence-electron chi connectivity index (χ3n) is 3.09. The maximum absolute atomic E-state index is 12.5. The molecule has 0 saturated heterocycles. The summed E-state index contributed by atoms with van der Waals surface area (Å²) in [6, 6.07) is 13.0. The number of thiocarbonyl (C=S) groups is 1. The third-order valence-corrected chi connectivity index (χ3v) is 3.78. The summed E-state index contributed by atoms with van der Waals surface area (Å²) in [5, 5.41) is 5.91. The van der Waals surface area contributed by atoms with Gasteiger partial charge in [0.2, 0.25) is 0 Å². The second-order valence-corrected chi connectivity index (χ2v) is 6.91. The van der Waals surface area contributed by atoms with Crippen LogP contribution >= 0.6 is 28.1 Å². The van der Waals surface area contributed by atoms with Gasteiger partial charge < -0.3 is 10.1 Å². The van der Waals surface area contributed by atoms with Crippen molar-refractivity contribution >= 4 is 44.9 Å². The highest BCUT2D eigenvalue weighted by Crippen LogP contribution is 2.24. The highest BCUT2D eigenvalue weighted by atomic mass is 79.9. The average molecular weight is 407 g/mol. The van der Waals surface area contributed by atoms with Crippen LogP contribution in [0, 0.1) is 6.92 Å². The molecule has 0 aliphatic rings. The molecule has 0 saturated carbocycles. The summed E-state index contributed by atoms with van der Waals surface area (Å²) in [6.07, 6.45) is -0.0321. The van der Waals surface area contributed by atoms with E-state index in [2.05, 4.69) is 26.6 Å². The molecule has 2 aromatic carbocycles. The fourth-order valence-corrected chi connectivity index (χ4v) is 2.58. The predicted octanol–water partition coefficient (Wildman–Crippen LogP) is 4.67. The molecule has 24 heavy (non-hydrogen) atoms. The van der Waals surface area contributed by atoms with Crippen LogP contribution < -0.4 is 15.4 Å². The lowest BCUT2D eigenvalue weighted by molar-refractivity contribution is 0.0972. The van der Waals surface area contributed by atoms with Crippen molar-refractivity contribution < 1.29 is 9.53 Å². The number of amides is 1. The Balaban J connectivity index is 2.09. The highest BCUT2D eigenvalue weighted by Gasteiger charge is 2.15. The van der Waals surface area contributed by atoms with Crippen molar-refractivity contribution in [2.75, 3.05) is 5.32 Å². The van der Waals surface area contributed by atoms with Crippen LogP contribution in [-0.2, 0) is 0 Å². The minimum Gasteiger partial charge on any atom is -0.490 e. The molecular weight excluding hydrogens is 388 g/mol. The molecule has 4 nitrogen and oxygen atoms in total. The number of carbonyl (C=O) groups is 1. The molecule has 2 N–H and O–H groups in total. The van der Waals surface area contributed by atoms with Crippen LogP contribution in [-0.4, -0.2) is 17.1 Å². The number of benzene rings is 2. The number of carbonyl (C=O) groups excluding carboxylic acids is 1. The Morgan fingerprint density at radius 3 is 2.46 bits per heavy atom. The number of ether oxygens (including phenoxy) is 1. The van der Waals surface area contributed by atoms with E-state index in [0.717, 1.165) is 15.7 Å². The predicted molar refractivity (Wildman–Crippen MR) is 105 cm³/mol. The molecule has 0 radical (unpaired) electrons. The number of anilines is 1. The van der Waals surface area contributed by atoms with Gasteiger partial charge in [0, 0.05) is 10.2 Å². The molecule has 0 bridgehead atoms. The van der Waals surface area contributed by atoms with Crippen LogP contribution in [0.5, 0.6) is 5.75 Å². The van der Waals surface area contributed by atoms with Gasteiger partial charge in [0.25, 0.3) is 5.91 Å². The van der Waals surface area contributed by atoms with Crippen LogP contribution in [0.2, 0.25) is 0 Å². The SMILES string of the molecule is Cc1ccc(NC(=S)NC(=O)c2cc(Br)ccc2OC(C)C)cc1. The Morgan fingerprint density at radius 1 is 1.17 bits per heavy atom. The molecule has 0 unspecified atom stereocenters. The van der Waals surface area contributed by atoms with Crippen molar-refractivity contribution in [2.24, 2.45) is 0 Å². The summed E-state index contributed by atoms with van der Waals surface area (Å²) in [7, 11) is 0. The van der Waals surface area contributed by atoms with Crippen molar-refractivity contribution in [2.45, 2.75) is 26.9 Å². The first kappa shape index (κ1) is 18.4. The van der Waals surface area contributed by atoms with E-state index < -0.39 is 0 Å². The molecule has 6 heteroatoms. The van der Waals surface area contributed by atoms with Gasteiger partial charge in [-0.15, -0.1) is 0 Å². The summed E-state index contributed by atoms with van der Waals surface area (Å²) < 4.78 is 6.48. The smallest absolute Gasteiger partial charge is 0.261 e. The summed E-state index contributed by atoms with van der Waals surface area (Å²) in [5.41, 5.74) is 2.39. The van der Waals surface area contributed by atoms with E-state index in [1.807, 2.05) is 51.1 Å². The molecule has 126 valence electrons. The van der Waals surface area contributed by atoms with E-state index in [4.69, 9.17) is 17.0 Å². The Bertz CT molecular complexity index is 745. The maximum atomic E-state index is 12.5. The maximum Gasteiger partial charge on any atom is 0.261 e. The van der Waals surface area contributed by atoms with Gasteiger partial charge in [-0.1, -0.05) is 33.6 Å². The van der Waals surface area contributed by atoms with Crippen LogP contribution in [0.3, 0.4) is 0 Å². The quantitative estimate of drug-likeness (QED) is 0.724. The van der Waals surface area contributed by atoms with Gasteiger partial charge in [0.15, 0.2) is 5.11 Å². The topological polar surface area (TPSA) is 50.4 Å². The van der Waals surface area contributed by atoms with Gasteiger partial charge in [-0.2, -0.15) is 0 Å². The summed E-state index contributed by atoms with van der Waals surface area (Å²) >= 11 is 8.59. The van der Waals surface area contributed by atoms with Gasteiger partial charge in [0.1, 0.15) is 5.75 Å². The zero-order valence-corrected chi connectivity index (χ0v) is 16.1. The molecule has 0 atom stereocenters. The first-order valence-corrected chi connectivity index (χ1v) is 8.70. The van der Waals surface area contributed by atoms with Crippen molar-refractivity contribution in [3.05, 3.63) is 58.1 Å². The van der Waals surface area contributed by atoms with Crippen LogP contribution in [0.15, 0.2) is 46.9 Å². The lowest BCUT2D eigenvalue weighted by atomic mass is 10.2. The Kier molecular flexibility index (Phi) is 6.34. The molecule has 0 aliphatic heterocycles. The first-order valence-electron chi connectivity index (χ1n) is 7.50. The monoisotopic (exact) mass is 406 g/mol. The zero-order valence-electron chi connectivity index (χ0n) is 13.7. The number of rotatable bonds is 4. The minimum atomic E-state index is -0.323. The van der Waals surface area contributed by atoms with Crippen LogP contribution in [0.1, 0.15) is 29.8 Å². The van der Waals surface area contributed by atoms with E-state index in [9.17, 15) is 4.79 Å². The number of hydrogen-bond acceptors (Lipinski definition) is 3. The number of hydrogen-bond donors (Lipinski definition) is 2. The van der Waals surface area contributed by atoms with E-state index in [-0.39, 0.29) is 17.1 Å². The molecular formula is C18H19BrN2O2S. The molecule has 1 amide bonds. The van der Waals surface area contributed by atoms with Gasteiger partial charge in [0.05, 0.1) is 11.7 Å². The average Bonchev–Trinajstić information content (AvgIpc) is 2.50. The number of nitrogens with one attached hydrogen (secondary N) is 2. The standard InChI is InChI=1S/C18H19BrN2O2S/c1-11(2)23-16-9-6-13(19)10-15(16)17(22)21-18(24)20-14-7-4-12(3)5-8-14/h4-11H,1-3H3,(H2,20,21,22,24). The normalized spacial score (nSPS) is 10.4. The van der Waals surface area contributed by atoms with Crippen molar-refractivity contribution in [3.8, 4) is 5.75 Å². The largest absolute Gasteiger partial charge is 0.490 e. The molecule has 2 aromatic rings.